The van der Waals surface area contributed by atoms with Crippen LogP contribution in [0.15, 0.2) is 77.5 Å². The molecule has 0 radical (unpaired) electrons. The SMILES string of the molecule is Clc1ccc(-c2csc(N(Cc3cccs3)c3ccccc3)n2)cc1. The van der Waals surface area contributed by atoms with Gasteiger partial charge >= 0.3 is 0 Å². The number of halogens is 1. The molecule has 2 aromatic heterocycles. The Bertz CT molecular complexity index is 932. The Balaban J connectivity index is 1.69. The van der Waals surface area contributed by atoms with Gasteiger partial charge in [-0.05, 0) is 35.7 Å². The Morgan fingerprint density at radius 2 is 1.68 bits per heavy atom. The number of nitrogens with zero attached hydrogens (tertiary/aromatic N) is 2. The summed E-state index contributed by atoms with van der Waals surface area (Å²) in [5.41, 5.74) is 3.20. The van der Waals surface area contributed by atoms with E-state index in [1.54, 1.807) is 22.7 Å². The van der Waals surface area contributed by atoms with Gasteiger partial charge in [0, 0.05) is 26.5 Å². The largest absolute Gasteiger partial charge is 0.313 e. The molecular formula is C20H15ClN2S2. The topological polar surface area (TPSA) is 16.1 Å². The number of aromatic nitrogens is 1. The van der Waals surface area contributed by atoms with E-state index in [1.807, 2.05) is 30.3 Å². The summed E-state index contributed by atoms with van der Waals surface area (Å²) in [5, 5.41) is 5.94. The van der Waals surface area contributed by atoms with Crippen LogP contribution in [0.4, 0.5) is 10.8 Å². The highest BCUT2D eigenvalue weighted by molar-refractivity contribution is 7.14. The lowest BCUT2D eigenvalue weighted by molar-refractivity contribution is 0.986. The van der Waals surface area contributed by atoms with Gasteiger partial charge in [0.2, 0.25) is 0 Å². The molecule has 0 aliphatic rings. The Morgan fingerprint density at radius 3 is 2.40 bits per heavy atom. The van der Waals surface area contributed by atoms with Crippen LogP contribution in [0.25, 0.3) is 11.3 Å². The third-order valence-corrected chi connectivity index (χ3v) is 5.80. The number of anilines is 2. The van der Waals surface area contributed by atoms with Gasteiger partial charge in [0.25, 0.3) is 0 Å². The van der Waals surface area contributed by atoms with Gasteiger partial charge in [0.05, 0.1) is 12.2 Å². The van der Waals surface area contributed by atoms with Gasteiger partial charge in [-0.3, -0.25) is 0 Å². The molecule has 0 saturated heterocycles. The lowest BCUT2D eigenvalue weighted by atomic mass is 10.2. The van der Waals surface area contributed by atoms with E-state index >= 15 is 0 Å². The molecule has 0 amide bonds. The van der Waals surface area contributed by atoms with E-state index in [0.717, 1.165) is 33.6 Å². The highest BCUT2D eigenvalue weighted by Crippen LogP contribution is 2.34. The minimum Gasteiger partial charge on any atom is -0.313 e. The Morgan fingerprint density at radius 1 is 0.880 bits per heavy atom. The maximum Gasteiger partial charge on any atom is 0.190 e. The van der Waals surface area contributed by atoms with Gasteiger partial charge in [-0.25, -0.2) is 4.98 Å². The fraction of sp³-hybridized carbons (Fsp3) is 0.0500. The maximum absolute atomic E-state index is 5.99. The van der Waals surface area contributed by atoms with E-state index in [0.29, 0.717) is 0 Å². The third kappa shape index (κ3) is 3.76. The van der Waals surface area contributed by atoms with Crippen molar-refractivity contribution in [3.63, 3.8) is 0 Å². The molecule has 0 N–H and O–H groups in total. The molecule has 4 aromatic rings. The Labute approximate surface area is 160 Å². The highest BCUT2D eigenvalue weighted by Gasteiger charge is 2.15. The van der Waals surface area contributed by atoms with Crippen molar-refractivity contribution < 1.29 is 0 Å². The van der Waals surface area contributed by atoms with Crippen LogP contribution in [0.1, 0.15) is 4.88 Å². The molecule has 0 bridgehead atoms. The quantitative estimate of drug-likeness (QED) is 0.374. The molecule has 25 heavy (non-hydrogen) atoms. The number of thiophene rings is 1. The van der Waals surface area contributed by atoms with Gasteiger partial charge in [0.15, 0.2) is 5.13 Å². The number of para-hydroxylation sites is 1. The first kappa shape index (κ1) is 16.3. The maximum atomic E-state index is 5.99. The number of benzene rings is 2. The molecule has 0 atom stereocenters. The summed E-state index contributed by atoms with van der Waals surface area (Å²) in [4.78, 5) is 8.45. The Hall–Kier alpha value is -2.14. The predicted octanol–water partition coefficient (Wildman–Crippen LogP) is 6.86. The number of thiazole rings is 1. The summed E-state index contributed by atoms with van der Waals surface area (Å²) in [5.74, 6) is 0. The number of hydrogen-bond donors (Lipinski definition) is 0. The molecule has 2 nitrogen and oxygen atoms in total. The fourth-order valence-corrected chi connectivity index (χ4v) is 4.25. The standard InChI is InChI=1S/C20H15ClN2S2/c21-16-10-8-15(9-11-16)19-14-25-20(22-19)23(13-18-7-4-12-24-18)17-5-2-1-3-6-17/h1-12,14H,13H2. The molecule has 0 unspecified atom stereocenters. The van der Waals surface area contributed by atoms with E-state index in [1.165, 1.54) is 4.88 Å². The number of rotatable bonds is 5. The van der Waals surface area contributed by atoms with Crippen molar-refractivity contribution in [1.82, 2.24) is 4.98 Å². The Kier molecular flexibility index (Phi) is 4.83. The summed E-state index contributed by atoms with van der Waals surface area (Å²) >= 11 is 9.42. The van der Waals surface area contributed by atoms with Gasteiger partial charge in [0.1, 0.15) is 0 Å². The molecule has 0 aliphatic carbocycles. The van der Waals surface area contributed by atoms with Crippen LogP contribution in [0, 0.1) is 0 Å². The second kappa shape index (κ2) is 7.40. The van der Waals surface area contributed by atoms with Crippen LogP contribution < -0.4 is 4.90 Å². The van der Waals surface area contributed by atoms with Crippen LogP contribution in [0.2, 0.25) is 5.02 Å². The van der Waals surface area contributed by atoms with Crippen molar-refractivity contribution >= 4 is 45.1 Å². The van der Waals surface area contributed by atoms with Crippen LogP contribution in [0.3, 0.4) is 0 Å². The molecule has 0 aliphatic heterocycles. The zero-order valence-corrected chi connectivity index (χ0v) is 15.7. The van der Waals surface area contributed by atoms with E-state index in [-0.39, 0.29) is 0 Å². The first-order valence-electron chi connectivity index (χ1n) is 7.86. The molecule has 5 heteroatoms. The van der Waals surface area contributed by atoms with Crippen LogP contribution in [-0.2, 0) is 6.54 Å². The molecule has 2 heterocycles. The monoisotopic (exact) mass is 382 g/mol. The average molecular weight is 383 g/mol. The predicted molar refractivity (Wildman–Crippen MR) is 109 cm³/mol. The average Bonchev–Trinajstić information content (AvgIpc) is 3.33. The lowest BCUT2D eigenvalue weighted by Crippen LogP contribution is -2.15. The second-order valence-electron chi connectivity index (χ2n) is 5.52. The summed E-state index contributed by atoms with van der Waals surface area (Å²) in [6, 6.07) is 22.5. The molecule has 124 valence electrons. The lowest BCUT2D eigenvalue weighted by Gasteiger charge is -2.21. The first-order chi connectivity index (χ1) is 12.3. The van der Waals surface area contributed by atoms with Crippen molar-refractivity contribution in [3.8, 4) is 11.3 Å². The van der Waals surface area contributed by atoms with Gasteiger partial charge < -0.3 is 4.90 Å². The minimum absolute atomic E-state index is 0.739. The fourth-order valence-electron chi connectivity index (χ4n) is 2.58. The highest BCUT2D eigenvalue weighted by atomic mass is 35.5. The van der Waals surface area contributed by atoms with Gasteiger partial charge in [-0.1, -0.05) is 48.0 Å². The van der Waals surface area contributed by atoms with E-state index in [4.69, 9.17) is 16.6 Å². The van der Waals surface area contributed by atoms with Gasteiger partial charge in [-0.15, -0.1) is 22.7 Å². The zero-order valence-electron chi connectivity index (χ0n) is 13.3. The van der Waals surface area contributed by atoms with E-state index in [2.05, 4.69) is 52.1 Å². The normalized spacial score (nSPS) is 10.8. The third-order valence-electron chi connectivity index (χ3n) is 3.82. The van der Waals surface area contributed by atoms with Crippen LogP contribution >= 0.6 is 34.3 Å². The molecule has 0 fully saturated rings. The number of hydrogen-bond acceptors (Lipinski definition) is 4. The van der Waals surface area contributed by atoms with E-state index in [9.17, 15) is 0 Å². The van der Waals surface area contributed by atoms with Crippen molar-refractivity contribution in [2.75, 3.05) is 4.90 Å². The zero-order chi connectivity index (χ0) is 17.1. The summed E-state index contributed by atoms with van der Waals surface area (Å²) in [7, 11) is 0. The first-order valence-corrected chi connectivity index (χ1v) is 10.00. The molecule has 0 spiro atoms. The van der Waals surface area contributed by atoms with Crippen molar-refractivity contribution in [2.24, 2.45) is 0 Å². The summed E-state index contributed by atoms with van der Waals surface area (Å²) < 4.78 is 0. The van der Waals surface area contributed by atoms with Crippen LogP contribution in [0.5, 0.6) is 0 Å². The molecule has 2 aromatic carbocycles. The summed E-state index contributed by atoms with van der Waals surface area (Å²) in [6.07, 6.45) is 0. The van der Waals surface area contributed by atoms with Crippen LogP contribution in [-0.4, -0.2) is 4.98 Å². The summed E-state index contributed by atoms with van der Waals surface area (Å²) in [6.45, 7) is 0.815. The molecule has 0 saturated carbocycles. The van der Waals surface area contributed by atoms with Gasteiger partial charge in [-0.2, -0.15) is 0 Å². The van der Waals surface area contributed by atoms with E-state index < -0.39 is 0 Å². The van der Waals surface area contributed by atoms with Crippen molar-refractivity contribution in [3.05, 3.63) is 87.4 Å². The molecule has 4 rings (SSSR count). The second-order valence-corrected chi connectivity index (χ2v) is 7.83. The molecular weight excluding hydrogens is 368 g/mol. The smallest absolute Gasteiger partial charge is 0.190 e. The minimum atomic E-state index is 0.739. The van der Waals surface area contributed by atoms with Crippen molar-refractivity contribution in [1.29, 1.82) is 0 Å². The van der Waals surface area contributed by atoms with Crippen molar-refractivity contribution in [2.45, 2.75) is 6.54 Å².